The van der Waals surface area contributed by atoms with Crippen LogP contribution in [0.4, 0.5) is 0 Å². The quantitative estimate of drug-likeness (QED) is 0.843. The molecule has 3 heteroatoms. The van der Waals surface area contributed by atoms with E-state index in [-0.39, 0.29) is 5.92 Å². The molecule has 0 aliphatic rings. The lowest BCUT2D eigenvalue weighted by Crippen LogP contribution is -2.14. The minimum absolute atomic E-state index is 0.276. The lowest BCUT2D eigenvalue weighted by Gasteiger charge is -2.16. The highest BCUT2D eigenvalue weighted by molar-refractivity contribution is 5.73. The Hall–Kier alpha value is -1.35. The SMILES string of the molecule is CC(C)c1nc2cc(C(C)(C)O)ccc2o1. The van der Waals surface area contributed by atoms with Gasteiger partial charge in [-0.25, -0.2) is 4.98 Å². The molecule has 0 saturated carbocycles. The maximum Gasteiger partial charge on any atom is 0.198 e. The Morgan fingerprint density at radius 3 is 2.56 bits per heavy atom. The summed E-state index contributed by atoms with van der Waals surface area (Å²) in [5.41, 5.74) is 1.59. The van der Waals surface area contributed by atoms with Crippen LogP contribution in [0, 0.1) is 0 Å². The normalized spacial score (nSPS) is 12.6. The van der Waals surface area contributed by atoms with E-state index < -0.39 is 5.60 Å². The second-order valence-electron chi connectivity index (χ2n) is 4.95. The van der Waals surface area contributed by atoms with E-state index in [2.05, 4.69) is 4.98 Å². The van der Waals surface area contributed by atoms with Crippen LogP contribution in [0.1, 0.15) is 45.1 Å². The first kappa shape index (κ1) is 11.1. The topological polar surface area (TPSA) is 46.3 Å². The molecule has 3 nitrogen and oxygen atoms in total. The van der Waals surface area contributed by atoms with Gasteiger partial charge in [-0.1, -0.05) is 19.9 Å². The summed E-state index contributed by atoms with van der Waals surface area (Å²) in [4.78, 5) is 4.41. The first-order valence-corrected chi connectivity index (χ1v) is 5.51. The second kappa shape index (κ2) is 3.59. The molecule has 1 aromatic heterocycles. The Labute approximate surface area is 95.1 Å². The minimum Gasteiger partial charge on any atom is -0.440 e. The summed E-state index contributed by atoms with van der Waals surface area (Å²) in [6, 6.07) is 5.61. The zero-order valence-electron chi connectivity index (χ0n) is 10.1. The Bertz CT molecular complexity index is 506. The fourth-order valence-corrected chi connectivity index (χ4v) is 1.57. The summed E-state index contributed by atoms with van der Waals surface area (Å²) in [5, 5.41) is 9.91. The number of nitrogens with zero attached hydrogens (tertiary/aromatic N) is 1. The van der Waals surface area contributed by atoms with Crippen molar-refractivity contribution in [3.63, 3.8) is 0 Å². The van der Waals surface area contributed by atoms with Crippen LogP contribution in [0.25, 0.3) is 11.1 Å². The van der Waals surface area contributed by atoms with E-state index in [9.17, 15) is 5.11 Å². The molecule has 0 fully saturated rings. The Morgan fingerprint density at radius 2 is 2.00 bits per heavy atom. The molecule has 2 aromatic rings. The highest BCUT2D eigenvalue weighted by Crippen LogP contribution is 2.26. The zero-order chi connectivity index (χ0) is 11.9. The van der Waals surface area contributed by atoms with Gasteiger partial charge >= 0.3 is 0 Å². The zero-order valence-corrected chi connectivity index (χ0v) is 10.1. The van der Waals surface area contributed by atoms with E-state index in [1.807, 2.05) is 32.0 Å². The summed E-state index contributed by atoms with van der Waals surface area (Å²) in [5.74, 6) is 1.01. The molecule has 0 aliphatic heterocycles. The van der Waals surface area contributed by atoms with Gasteiger partial charge in [-0.3, -0.25) is 0 Å². The van der Waals surface area contributed by atoms with Gasteiger partial charge in [0.1, 0.15) is 5.52 Å². The predicted molar refractivity (Wildman–Crippen MR) is 63.3 cm³/mol. The van der Waals surface area contributed by atoms with Gasteiger partial charge in [0.25, 0.3) is 0 Å². The molecule has 0 radical (unpaired) electrons. The second-order valence-corrected chi connectivity index (χ2v) is 4.95. The van der Waals surface area contributed by atoms with Crippen LogP contribution >= 0.6 is 0 Å². The van der Waals surface area contributed by atoms with Crippen LogP contribution in [0.3, 0.4) is 0 Å². The monoisotopic (exact) mass is 219 g/mol. The van der Waals surface area contributed by atoms with Crippen LogP contribution in [-0.4, -0.2) is 10.1 Å². The van der Waals surface area contributed by atoms with Gasteiger partial charge in [-0.05, 0) is 31.5 Å². The predicted octanol–water partition coefficient (Wildman–Crippen LogP) is 3.18. The van der Waals surface area contributed by atoms with Gasteiger partial charge < -0.3 is 9.52 Å². The van der Waals surface area contributed by atoms with Crippen molar-refractivity contribution in [1.82, 2.24) is 4.98 Å². The number of hydrogen-bond donors (Lipinski definition) is 1. The molecule has 0 unspecified atom stereocenters. The largest absolute Gasteiger partial charge is 0.440 e. The smallest absolute Gasteiger partial charge is 0.198 e. The van der Waals surface area contributed by atoms with Gasteiger partial charge in [0.15, 0.2) is 11.5 Å². The maximum absolute atomic E-state index is 9.91. The average Bonchev–Trinajstić information content (AvgIpc) is 2.58. The Kier molecular flexibility index (Phi) is 2.50. The molecular formula is C13H17NO2. The van der Waals surface area contributed by atoms with Crippen molar-refractivity contribution in [2.75, 3.05) is 0 Å². The molecule has 1 aromatic carbocycles. The summed E-state index contributed by atoms with van der Waals surface area (Å²) in [6.07, 6.45) is 0. The van der Waals surface area contributed by atoms with E-state index in [4.69, 9.17) is 4.42 Å². The summed E-state index contributed by atoms with van der Waals surface area (Å²) < 4.78 is 5.60. The number of fused-ring (bicyclic) bond motifs is 1. The van der Waals surface area contributed by atoms with Crippen LogP contribution in [0.2, 0.25) is 0 Å². The average molecular weight is 219 g/mol. The van der Waals surface area contributed by atoms with Crippen molar-refractivity contribution in [3.8, 4) is 0 Å². The van der Waals surface area contributed by atoms with Crippen LogP contribution in [0.5, 0.6) is 0 Å². The molecule has 0 atom stereocenters. The molecule has 0 amide bonds. The first-order chi connectivity index (χ1) is 7.38. The molecule has 0 aliphatic carbocycles. The van der Waals surface area contributed by atoms with Gasteiger partial charge in [0.05, 0.1) is 5.60 Å². The number of oxazole rings is 1. The number of rotatable bonds is 2. The number of benzene rings is 1. The molecular weight excluding hydrogens is 202 g/mol. The van der Waals surface area contributed by atoms with Crippen LogP contribution in [0.15, 0.2) is 22.6 Å². The fraction of sp³-hybridized carbons (Fsp3) is 0.462. The van der Waals surface area contributed by atoms with E-state index >= 15 is 0 Å². The fourth-order valence-electron chi connectivity index (χ4n) is 1.57. The van der Waals surface area contributed by atoms with E-state index in [0.717, 1.165) is 22.6 Å². The molecule has 0 spiro atoms. The first-order valence-electron chi connectivity index (χ1n) is 5.51. The van der Waals surface area contributed by atoms with Crippen LogP contribution < -0.4 is 0 Å². The molecule has 86 valence electrons. The van der Waals surface area contributed by atoms with E-state index in [1.165, 1.54) is 0 Å². The molecule has 0 bridgehead atoms. The number of aromatic nitrogens is 1. The Morgan fingerprint density at radius 1 is 1.31 bits per heavy atom. The standard InChI is InChI=1S/C13H17NO2/c1-8(2)12-14-10-7-9(13(3,4)15)5-6-11(10)16-12/h5-8,15H,1-4H3. The molecule has 2 rings (SSSR count). The third kappa shape index (κ3) is 1.95. The minimum atomic E-state index is -0.842. The highest BCUT2D eigenvalue weighted by Gasteiger charge is 2.18. The van der Waals surface area contributed by atoms with Gasteiger partial charge in [-0.15, -0.1) is 0 Å². The maximum atomic E-state index is 9.91. The van der Waals surface area contributed by atoms with Gasteiger partial charge in [-0.2, -0.15) is 0 Å². The van der Waals surface area contributed by atoms with E-state index in [1.54, 1.807) is 13.8 Å². The van der Waals surface area contributed by atoms with Crippen molar-refractivity contribution in [2.45, 2.75) is 39.2 Å². The molecule has 0 saturated heterocycles. The third-order valence-electron chi connectivity index (χ3n) is 2.60. The van der Waals surface area contributed by atoms with Crippen molar-refractivity contribution in [1.29, 1.82) is 0 Å². The molecule has 1 heterocycles. The van der Waals surface area contributed by atoms with Crippen molar-refractivity contribution >= 4 is 11.1 Å². The number of hydrogen-bond acceptors (Lipinski definition) is 3. The Balaban J connectivity index is 2.54. The lowest BCUT2D eigenvalue weighted by molar-refractivity contribution is 0.0787. The van der Waals surface area contributed by atoms with E-state index in [0.29, 0.717) is 0 Å². The third-order valence-corrected chi connectivity index (χ3v) is 2.60. The van der Waals surface area contributed by atoms with Crippen molar-refractivity contribution in [3.05, 3.63) is 29.7 Å². The van der Waals surface area contributed by atoms with Crippen molar-refractivity contribution < 1.29 is 9.52 Å². The number of aliphatic hydroxyl groups is 1. The van der Waals surface area contributed by atoms with Crippen LogP contribution in [-0.2, 0) is 5.60 Å². The molecule has 1 N–H and O–H groups in total. The summed E-state index contributed by atoms with van der Waals surface area (Å²) in [7, 11) is 0. The summed E-state index contributed by atoms with van der Waals surface area (Å²) >= 11 is 0. The summed E-state index contributed by atoms with van der Waals surface area (Å²) in [6.45, 7) is 7.61. The van der Waals surface area contributed by atoms with Gasteiger partial charge in [0, 0.05) is 5.92 Å². The lowest BCUT2D eigenvalue weighted by atomic mass is 9.98. The molecule has 16 heavy (non-hydrogen) atoms. The van der Waals surface area contributed by atoms with Crippen molar-refractivity contribution in [2.24, 2.45) is 0 Å². The highest BCUT2D eigenvalue weighted by atomic mass is 16.3. The van der Waals surface area contributed by atoms with Gasteiger partial charge in [0.2, 0.25) is 0 Å².